The van der Waals surface area contributed by atoms with Crippen molar-refractivity contribution < 1.29 is 29.6 Å². The van der Waals surface area contributed by atoms with Crippen molar-refractivity contribution in [2.45, 2.75) is 12.2 Å². The van der Waals surface area contributed by atoms with E-state index >= 15 is 0 Å². The molecule has 7 heteroatoms. The van der Waals surface area contributed by atoms with E-state index in [-0.39, 0.29) is 16.9 Å². The zero-order chi connectivity index (χ0) is 13.9. The summed E-state index contributed by atoms with van der Waals surface area (Å²) in [5.41, 5.74) is 4.37. The second-order valence-electron chi connectivity index (χ2n) is 3.52. The number of primary amides is 1. The topological polar surface area (TPSA) is 130 Å². The van der Waals surface area contributed by atoms with Crippen LogP contribution in [0.15, 0.2) is 18.2 Å². The number of carbonyl (C=O) groups excluding carboxylic acids is 1. The highest BCUT2D eigenvalue weighted by atomic mass is 16.5. The average molecular weight is 255 g/mol. The van der Waals surface area contributed by atoms with Gasteiger partial charge < -0.3 is 25.8 Å². The van der Waals surface area contributed by atoms with Crippen molar-refractivity contribution >= 4 is 11.9 Å². The van der Waals surface area contributed by atoms with Gasteiger partial charge in [0, 0.05) is 5.56 Å². The van der Waals surface area contributed by atoms with E-state index in [2.05, 4.69) is 0 Å². The number of aliphatic hydroxyl groups is 2. The lowest BCUT2D eigenvalue weighted by Gasteiger charge is -2.18. The van der Waals surface area contributed by atoms with Gasteiger partial charge in [-0.25, -0.2) is 4.79 Å². The lowest BCUT2D eigenvalue weighted by atomic mass is 9.97. The van der Waals surface area contributed by atoms with Crippen LogP contribution in [0.1, 0.15) is 22.0 Å². The predicted molar refractivity (Wildman–Crippen MR) is 60.1 cm³/mol. The molecular formula is C11H13NO6. The first-order valence-electron chi connectivity index (χ1n) is 4.95. The first-order valence-corrected chi connectivity index (χ1v) is 4.95. The number of rotatable bonds is 5. The molecule has 0 aromatic heterocycles. The van der Waals surface area contributed by atoms with E-state index in [4.69, 9.17) is 15.6 Å². The van der Waals surface area contributed by atoms with Crippen molar-refractivity contribution in [3.05, 3.63) is 29.3 Å². The van der Waals surface area contributed by atoms with Gasteiger partial charge in [-0.2, -0.15) is 0 Å². The third kappa shape index (κ3) is 2.58. The summed E-state index contributed by atoms with van der Waals surface area (Å²) in [5.74, 6) is -2.49. The van der Waals surface area contributed by atoms with Crippen LogP contribution in [0, 0.1) is 0 Å². The number of aromatic carboxylic acids is 1. The van der Waals surface area contributed by atoms with E-state index < -0.39 is 24.1 Å². The highest BCUT2D eigenvalue weighted by Crippen LogP contribution is 2.28. The zero-order valence-electron chi connectivity index (χ0n) is 9.53. The van der Waals surface area contributed by atoms with Gasteiger partial charge in [-0.15, -0.1) is 0 Å². The molecule has 0 radical (unpaired) electrons. The number of hydrogen-bond acceptors (Lipinski definition) is 5. The summed E-state index contributed by atoms with van der Waals surface area (Å²) >= 11 is 0. The first-order chi connectivity index (χ1) is 8.40. The number of ether oxygens (including phenoxy) is 1. The Morgan fingerprint density at radius 2 is 1.94 bits per heavy atom. The third-order valence-electron chi connectivity index (χ3n) is 2.40. The summed E-state index contributed by atoms with van der Waals surface area (Å²) in [4.78, 5) is 21.9. The fourth-order valence-electron chi connectivity index (χ4n) is 1.52. The monoisotopic (exact) mass is 255 g/mol. The van der Waals surface area contributed by atoms with Gasteiger partial charge in [0.15, 0.2) is 6.10 Å². The molecule has 0 saturated heterocycles. The minimum atomic E-state index is -1.89. The molecule has 0 heterocycles. The lowest BCUT2D eigenvalue weighted by molar-refractivity contribution is -0.132. The Labute approximate surface area is 102 Å². The molecule has 0 spiro atoms. The van der Waals surface area contributed by atoms with Crippen molar-refractivity contribution in [3.8, 4) is 5.75 Å². The number of benzene rings is 1. The van der Waals surface area contributed by atoms with Gasteiger partial charge in [-0.05, 0) is 6.07 Å². The van der Waals surface area contributed by atoms with Gasteiger partial charge in [-0.1, -0.05) is 12.1 Å². The number of amides is 1. The maximum atomic E-state index is 11.1. The fraction of sp³-hybridized carbons (Fsp3) is 0.273. The Morgan fingerprint density at radius 3 is 2.39 bits per heavy atom. The Balaban J connectivity index is 3.31. The van der Waals surface area contributed by atoms with Crippen LogP contribution in [0.25, 0.3) is 0 Å². The van der Waals surface area contributed by atoms with Crippen molar-refractivity contribution in [1.82, 2.24) is 0 Å². The summed E-state index contributed by atoms with van der Waals surface area (Å²) in [6, 6.07) is 4.08. The molecule has 0 bridgehead atoms. The molecule has 0 fully saturated rings. The summed E-state index contributed by atoms with van der Waals surface area (Å²) in [7, 11) is 1.27. The molecule has 98 valence electrons. The van der Waals surface area contributed by atoms with E-state index in [1.165, 1.54) is 25.3 Å². The van der Waals surface area contributed by atoms with Crippen LogP contribution in [0.5, 0.6) is 5.75 Å². The summed E-state index contributed by atoms with van der Waals surface area (Å²) in [6.45, 7) is 0. The number of methoxy groups -OCH3 is 1. The van der Waals surface area contributed by atoms with Crippen molar-refractivity contribution in [3.63, 3.8) is 0 Å². The number of carboxylic acid groups (broad SMARTS) is 1. The Hall–Kier alpha value is -2.12. The molecule has 2 unspecified atom stereocenters. The van der Waals surface area contributed by atoms with Crippen molar-refractivity contribution in [2.24, 2.45) is 5.73 Å². The second-order valence-corrected chi connectivity index (χ2v) is 3.52. The molecule has 0 aliphatic carbocycles. The maximum absolute atomic E-state index is 11.1. The van der Waals surface area contributed by atoms with Gasteiger partial charge in [0.1, 0.15) is 17.4 Å². The van der Waals surface area contributed by atoms with Gasteiger partial charge in [0.25, 0.3) is 0 Å². The molecule has 1 amide bonds. The molecule has 5 N–H and O–H groups in total. The van der Waals surface area contributed by atoms with Crippen LogP contribution in [0.2, 0.25) is 0 Å². The maximum Gasteiger partial charge on any atom is 0.339 e. The highest BCUT2D eigenvalue weighted by Gasteiger charge is 2.29. The van der Waals surface area contributed by atoms with Crippen LogP contribution in [0.4, 0.5) is 0 Å². The van der Waals surface area contributed by atoms with E-state index in [0.29, 0.717) is 0 Å². The minimum Gasteiger partial charge on any atom is -0.496 e. The third-order valence-corrected chi connectivity index (χ3v) is 2.40. The number of carbonyl (C=O) groups is 2. The Kier molecular flexibility index (Phi) is 4.24. The highest BCUT2D eigenvalue weighted by molar-refractivity contribution is 5.93. The first kappa shape index (κ1) is 13.9. The van der Waals surface area contributed by atoms with Crippen molar-refractivity contribution in [2.75, 3.05) is 7.11 Å². The molecule has 1 rings (SSSR count). The predicted octanol–water partition coefficient (Wildman–Crippen LogP) is -0.727. The molecule has 0 saturated carbocycles. The molecule has 0 aliphatic rings. The van der Waals surface area contributed by atoms with Crippen LogP contribution in [-0.2, 0) is 4.79 Å². The largest absolute Gasteiger partial charge is 0.496 e. The number of nitrogens with two attached hydrogens (primary N) is 1. The quantitative estimate of drug-likeness (QED) is 0.549. The molecule has 0 aliphatic heterocycles. The van der Waals surface area contributed by atoms with E-state index in [0.717, 1.165) is 0 Å². The van der Waals surface area contributed by atoms with E-state index in [1.54, 1.807) is 0 Å². The van der Waals surface area contributed by atoms with Gasteiger partial charge in [-0.3, -0.25) is 4.79 Å². The van der Waals surface area contributed by atoms with Gasteiger partial charge in [0.2, 0.25) is 5.91 Å². The molecule has 1 aromatic rings. The summed E-state index contributed by atoms with van der Waals surface area (Å²) < 4.78 is 4.85. The molecule has 18 heavy (non-hydrogen) atoms. The standard InChI is InChI=1S/C11H13NO6/c1-18-6-4-2-3-5(7(6)11(16)17)8(13)9(14)10(12)15/h2-4,8-9,13-14H,1H3,(H2,12,15)(H,16,17). The number of carboxylic acids is 1. The summed E-state index contributed by atoms with van der Waals surface area (Å²) in [6.07, 6.45) is -3.63. The van der Waals surface area contributed by atoms with Crippen LogP contribution in [0.3, 0.4) is 0 Å². The normalized spacial score (nSPS) is 13.7. The molecule has 1 aromatic carbocycles. The number of aliphatic hydroxyl groups excluding tert-OH is 2. The van der Waals surface area contributed by atoms with E-state index in [9.17, 15) is 19.8 Å². The number of hydrogen-bond donors (Lipinski definition) is 4. The molecule has 7 nitrogen and oxygen atoms in total. The summed E-state index contributed by atoms with van der Waals surface area (Å²) in [5, 5.41) is 28.2. The van der Waals surface area contributed by atoms with Gasteiger partial charge >= 0.3 is 5.97 Å². The van der Waals surface area contributed by atoms with Crippen LogP contribution >= 0.6 is 0 Å². The molecular weight excluding hydrogens is 242 g/mol. The van der Waals surface area contributed by atoms with Gasteiger partial charge in [0.05, 0.1) is 7.11 Å². The average Bonchev–Trinajstić information content (AvgIpc) is 2.35. The second kappa shape index (κ2) is 5.48. The minimum absolute atomic E-state index is 0.00993. The van der Waals surface area contributed by atoms with Crippen molar-refractivity contribution in [1.29, 1.82) is 0 Å². The Morgan fingerprint density at radius 1 is 1.33 bits per heavy atom. The fourth-order valence-corrected chi connectivity index (χ4v) is 1.52. The van der Waals surface area contributed by atoms with Crippen LogP contribution < -0.4 is 10.5 Å². The van der Waals surface area contributed by atoms with E-state index in [1.807, 2.05) is 0 Å². The smallest absolute Gasteiger partial charge is 0.339 e. The molecule has 2 atom stereocenters. The Bertz CT molecular complexity index is 473. The SMILES string of the molecule is COc1cccc(C(O)C(O)C(N)=O)c1C(=O)O. The zero-order valence-corrected chi connectivity index (χ0v) is 9.53. The lowest BCUT2D eigenvalue weighted by Crippen LogP contribution is -2.34. The van der Waals surface area contributed by atoms with Crippen LogP contribution in [-0.4, -0.2) is 40.4 Å².